The molecule has 1 saturated heterocycles. The largest absolute Gasteiger partial charge is 0.481 e. The number of rotatable bonds is 6. The molecule has 2 aliphatic rings. The number of carboxylic acids is 1. The molecule has 1 aromatic rings. The van der Waals surface area contributed by atoms with Gasteiger partial charge in [-0.2, -0.15) is 0 Å². The fourth-order valence-electron chi connectivity index (χ4n) is 4.12. The zero-order valence-corrected chi connectivity index (χ0v) is 15.0. The molecule has 0 bridgehead atoms. The van der Waals surface area contributed by atoms with Crippen molar-refractivity contribution in [2.45, 2.75) is 25.7 Å². The van der Waals surface area contributed by atoms with Gasteiger partial charge in [0.25, 0.3) is 5.91 Å². The highest BCUT2D eigenvalue weighted by molar-refractivity contribution is 5.94. The average molecular weight is 377 g/mol. The van der Waals surface area contributed by atoms with E-state index < -0.39 is 17.2 Å². The van der Waals surface area contributed by atoms with Crippen LogP contribution in [0.2, 0.25) is 0 Å². The van der Waals surface area contributed by atoms with E-state index in [1.165, 1.54) is 24.3 Å². The molecule has 1 aliphatic carbocycles. The van der Waals surface area contributed by atoms with Crippen LogP contribution in [-0.4, -0.2) is 54.1 Å². The van der Waals surface area contributed by atoms with Crippen molar-refractivity contribution in [1.29, 1.82) is 0 Å². The van der Waals surface area contributed by atoms with Crippen molar-refractivity contribution in [2.75, 3.05) is 26.2 Å². The molecule has 1 aromatic carbocycles. The highest BCUT2D eigenvalue weighted by Gasteiger charge is 2.55. The van der Waals surface area contributed by atoms with E-state index in [0.29, 0.717) is 32.5 Å². The Morgan fingerprint density at radius 1 is 1.26 bits per heavy atom. The van der Waals surface area contributed by atoms with Gasteiger partial charge in [0.15, 0.2) is 0 Å². The number of hydrogen-bond donors (Lipinski definition) is 3. The first-order valence-electron chi connectivity index (χ1n) is 9.22. The summed E-state index contributed by atoms with van der Waals surface area (Å²) >= 11 is 0. The smallest absolute Gasteiger partial charge is 0.317 e. The lowest BCUT2D eigenvalue weighted by atomic mass is 9.81. The Labute approximate surface area is 156 Å². The summed E-state index contributed by atoms with van der Waals surface area (Å²) in [6.45, 7) is 1.45. The van der Waals surface area contributed by atoms with Gasteiger partial charge in [-0.3, -0.25) is 9.59 Å². The molecule has 1 heterocycles. The third-order valence-corrected chi connectivity index (χ3v) is 5.59. The third-order valence-electron chi connectivity index (χ3n) is 5.59. The Balaban J connectivity index is 1.38. The van der Waals surface area contributed by atoms with E-state index in [2.05, 4.69) is 10.6 Å². The SMILES string of the molecule is O=C(NCCCNC(=O)N1C[C@@H]2CCC[C@@]2(C(=O)O)C1)c1cccc(F)c1. The summed E-state index contributed by atoms with van der Waals surface area (Å²) in [6, 6.07) is 5.18. The first-order valence-corrected chi connectivity index (χ1v) is 9.22. The monoisotopic (exact) mass is 377 g/mol. The summed E-state index contributed by atoms with van der Waals surface area (Å²) < 4.78 is 13.1. The van der Waals surface area contributed by atoms with Crippen molar-refractivity contribution in [1.82, 2.24) is 15.5 Å². The normalized spacial score (nSPS) is 23.7. The minimum Gasteiger partial charge on any atom is -0.481 e. The van der Waals surface area contributed by atoms with E-state index in [1.807, 2.05) is 0 Å². The van der Waals surface area contributed by atoms with Gasteiger partial charge in [0, 0.05) is 31.7 Å². The minimum absolute atomic E-state index is 0.0336. The molecule has 2 fully saturated rings. The van der Waals surface area contributed by atoms with Crippen LogP contribution in [0.1, 0.15) is 36.0 Å². The van der Waals surface area contributed by atoms with Crippen LogP contribution in [-0.2, 0) is 4.79 Å². The second kappa shape index (κ2) is 7.94. The summed E-state index contributed by atoms with van der Waals surface area (Å²) in [7, 11) is 0. The number of likely N-dealkylation sites (tertiary alicyclic amines) is 1. The highest BCUT2D eigenvalue weighted by atomic mass is 19.1. The number of carbonyl (C=O) groups is 3. The molecule has 0 radical (unpaired) electrons. The number of fused-ring (bicyclic) bond motifs is 1. The van der Waals surface area contributed by atoms with Crippen molar-refractivity contribution in [3.8, 4) is 0 Å². The Kier molecular flexibility index (Phi) is 5.62. The van der Waals surface area contributed by atoms with E-state index in [9.17, 15) is 23.9 Å². The number of benzene rings is 1. The van der Waals surface area contributed by atoms with Crippen molar-refractivity contribution >= 4 is 17.9 Å². The summed E-state index contributed by atoms with van der Waals surface area (Å²) in [5, 5.41) is 15.0. The maximum absolute atomic E-state index is 13.1. The number of amides is 3. The molecule has 2 atom stereocenters. The van der Waals surface area contributed by atoms with Gasteiger partial charge in [-0.15, -0.1) is 0 Å². The number of aliphatic carboxylic acids is 1. The van der Waals surface area contributed by atoms with Gasteiger partial charge >= 0.3 is 12.0 Å². The summed E-state index contributed by atoms with van der Waals surface area (Å²) in [4.78, 5) is 37.4. The third kappa shape index (κ3) is 4.04. The highest BCUT2D eigenvalue weighted by Crippen LogP contribution is 2.48. The first-order chi connectivity index (χ1) is 12.9. The van der Waals surface area contributed by atoms with Crippen LogP contribution in [0.5, 0.6) is 0 Å². The molecule has 0 aromatic heterocycles. The molecule has 3 amide bonds. The molecule has 0 unspecified atom stereocenters. The first kappa shape index (κ1) is 19.1. The fraction of sp³-hybridized carbons (Fsp3) is 0.526. The van der Waals surface area contributed by atoms with Crippen molar-refractivity contribution < 1.29 is 23.9 Å². The Morgan fingerprint density at radius 3 is 2.74 bits per heavy atom. The maximum atomic E-state index is 13.1. The fourth-order valence-corrected chi connectivity index (χ4v) is 4.12. The van der Waals surface area contributed by atoms with E-state index in [0.717, 1.165) is 12.8 Å². The van der Waals surface area contributed by atoms with Crippen LogP contribution in [0.25, 0.3) is 0 Å². The summed E-state index contributed by atoms with van der Waals surface area (Å²) in [6.07, 6.45) is 2.90. The predicted octanol–water partition coefficient (Wildman–Crippen LogP) is 1.84. The number of halogens is 1. The molecule has 1 saturated carbocycles. The number of hydrogen-bond acceptors (Lipinski definition) is 3. The molecular weight excluding hydrogens is 353 g/mol. The lowest BCUT2D eigenvalue weighted by Gasteiger charge is -2.23. The van der Waals surface area contributed by atoms with Crippen LogP contribution >= 0.6 is 0 Å². The Morgan fingerprint density at radius 2 is 2.04 bits per heavy atom. The zero-order chi connectivity index (χ0) is 19.4. The molecule has 3 N–H and O–H groups in total. The average Bonchev–Trinajstić information content (AvgIpc) is 3.19. The van der Waals surface area contributed by atoms with Crippen molar-refractivity contribution in [3.05, 3.63) is 35.6 Å². The van der Waals surface area contributed by atoms with Crippen LogP contribution in [0.15, 0.2) is 24.3 Å². The van der Waals surface area contributed by atoms with E-state index >= 15 is 0 Å². The second-order valence-corrected chi connectivity index (χ2v) is 7.28. The molecule has 146 valence electrons. The van der Waals surface area contributed by atoms with Crippen LogP contribution < -0.4 is 10.6 Å². The zero-order valence-electron chi connectivity index (χ0n) is 15.0. The lowest BCUT2D eigenvalue weighted by molar-refractivity contribution is -0.149. The Hall–Kier alpha value is -2.64. The van der Waals surface area contributed by atoms with Gasteiger partial charge in [-0.1, -0.05) is 12.5 Å². The van der Waals surface area contributed by atoms with Crippen LogP contribution in [0.3, 0.4) is 0 Å². The van der Waals surface area contributed by atoms with E-state index in [4.69, 9.17) is 0 Å². The van der Waals surface area contributed by atoms with E-state index in [1.54, 1.807) is 4.90 Å². The summed E-state index contributed by atoms with van der Waals surface area (Å²) in [5.41, 5.74) is -0.530. The molecule has 27 heavy (non-hydrogen) atoms. The molecule has 1 aliphatic heterocycles. The lowest BCUT2D eigenvalue weighted by Crippen LogP contribution is -2.42. The molecule has 0 spiro atoms. The molecule has 3 rings (SSSR count). The van der Waals surface area contributed by atoms with Crippen molar-refractivity contribution in [2.24, 2.45) is 11.3 Å². The number of carboxylic acid groups (broad SMARTS) is 1. The summed E-state index contributed by atoms with van der Waals surface area (Å²) in [5.74, 6) is -1.60. The standard InChI is InChI=1S/C19H24FN3O4/c20-15-6-1-4-13(10-15)16(24)21-8-3-9-22-18(27)23-11-14-5-2-7-19(14,12-23)17(25)26/h1,4,6,10,14H,2-3,5,7-9,11-12H2,(H,21,24)(H,22,27)(H,25,26)/t14-,19+/m0/s1. The van der Waals surface area contributed by atoms with Gasteiger partial charge in [0.2, 0.25) is 0 Å². The number of carbonyl (C=O) groups excluding carboxylic acids is 2. The predicted molar refractivity (Wildman–Crippen MR) is 95.7 cm³/mol. The van der Waals surface area contributed by atoms with Crippen LogP contribution in [0, 0.1) is 17.2 Å². The quantitative estimate of drug-likeness (QED) is 0.659. The van der Waals surface area contributed by atoms with Gasteiger partial charge in [0.05, 0.1) is 5.41 Å². The van der Waals surface area contributed by atoms with Gasteiger partial charge in [-0.25, -0.2) is 9.18 Å². The maximum Gasteiger partial charge on any atom is 0.317 e. The van der Waals surface area contributed by atoms with E-state index in [-0.39, 0.29) is 30.0 Å². The van der Waals surface area contributed by atoms with Gasteiger partial charge < -0.3 is 20.6 Å². The topological polar surface area (TPSA) is 98.7 Å². The second-order valence-electron chi connectivity index (χ2n) is 7.28. The molecule has 8 heteroatoms. The number of nitrogens with one attached hydrogen (secondary N) is 2. The number of urea groups is 1. The van der Waals surface area contributed by atoms with Gasteiger partial charge in [-0.05, 0) is 43.4 Å². The Bertz CT molecular complexity index is 741. The van der Waals surface area contributed by atoms with Crippen LogP contribution in [0.4, 0.5) is 9.18 Å². The van der Waals surface area contributed by atoms with Crippen molar-refractivity contribution in [3.63, 3.8) is 0 Å². The minimum atomic E-state index is -0.805. The molecule has 7 nitrogen and oxygen atoms in total. The molecular formula is C19H24FN3O4. The van der Waals surface area contributed by atoms with Gasteiger partial charge in [0.1, 0.15) is 5.82 Å². The number of nitrogens with zero attached hydrogens (tertiary/aromatic N) is 1.